The second-order valence-corrected chi connectivity index (χ2v) is 6.46. The quantitative estimate of drug-likeness (QED) is 0.442. The summed E-state index contributed by atoms with van der Waals surface area (Å²) in [6.07, 6.45) is 0. The molecule has 0 aromatic heterocycles. The third-order valence-corrected chi connectivity index (χ3v) is 4.43. The first kappa shape index (κ1) is 18.6. The summed E-state index contributed by atoms with van der Waals surface area (Å²) in [5.41, 5.74) is 2.07. The topological polar surface area (TPSA) is 63.4 Å². The molecule has 136 valence electrons. The Morgan fingerprint density at radius 2 is 1.41 bits per heavy atom. The van der Waals surface area contributed by atoms with Gasteiger partial charge in [-0.3, -0.25) is 14.9 Å². The lowest BCUT2D eigenvalue weighted by molar-refractivity contribution is -0.384. The number of carbonyl (C=O) groups is 1. The molecule has 6 heteroatoms. The number of non-ortho nitro benzene ring substituents is 1. The second-order valence-electron chi connectivity index (χ2n) is 6.05. The first-order valence-corrected chi connectivity index (χ1v) is 8.73. The van der Waals surface area contributed by atoms with Gasteiger partial charge in [0.1, 0.15) is 0 Å². The maximum absolute atomic E-state index is 13.1. The van der Waals surface area contributed by atoms with E-state index in [2.05, 4.69) is 0 Å². The number of nitro groups is 1. The van der Waals surface area contributed by atoms with Crippen molar-refractivity contribution < 1.29 is 9.72 Å². The maximum atomic E-state index is 13.1. The van der Waals surface area contributed by atoms with Crippen LogP contribution >= 0.6 is 11.6 Å². The summed E-state index contributed by atoms with van der Waals surface area (Å²) in [5, 5.41) is 11.0. The molecule has 0 unspecified atom stereocenters. The number of nitro benzene ring substituents is 1. The third-order valence-electron chi connectivity index (χ3n) is 4.11. The van der Waals surface area contributed by atoms with E-state index in [-0.39, 0.29) is 22.2 Å². The van der Waals surface area contributed by atoms with Crippen LogP contribution in [0.3, 0.4) is 0 Å². The van der Waals surface area contributed by atoms with E-state index in [9.17, 15) is 14.9 Å². The van der Waals surface area contributed by atoms with Crippen LogP contribution in [0.2, 0.25) is 5.02 Å². The first-order valence-electron chi connectivity index (χ1n) is 8.35. The van der Waals surface area contributed by atoms with E-state index < -0.39 is 4.92 Å². The normalized spacial score (nSPS) is 10.4. The van der Waals surface area contributed by atoms with E-state index in [0.29, 0.717) is 13.1 Å². The van der Waals surface area contributed by atoms with Gasteiger partial charge >= 0.3 is 0 Å². The number of benzene rings is 3. The predicted octanol–water partition coefficient (Wildman–Crippen LogP) is 5.09. The number of carbonyl (C=O) groups excluding carboxylic acids is 1. The van der Waals surface area contributed by atoms with Crippen molar-refractivity contribution in [3.8, 4) is 0 Å². The highest BCUT2D eigenvalue weighted by atomic mass is 35.5. The van der Waals surface area contributed by atoms with Crippen LogP contribution in [-0.4, -0.2) is 15.7 Å². The molecule has 3 aromatic rings. The van der Waals surface area contributed by atoms with Gasteiger partial charge in [-0.15, -0.1) is 0 Å². The molecule has 0 heterocycles. The molecule has 0 spiro atoms. The second kappa shape index (κ2) is 8.47. The fourth-order valence-corrected chi connectivity index (χ4v) is 3.02. The molecule has 0 saturated heterocycles. The van der Waals surface area contributed by atoms with E-state index >= 15 is 0 Å². The molecule has 0 saturated carbocycles. The summed E-state index contributed by atoms with van der Waals surface area (Å²) in [7, 11) is 0. The van der Waals surface area contributed by atoms with Crippen molar-refractivity contribution in [2.24, 2.45) is 0 Å². The Kier molecular flexibility index (Phi) is 5.84. The lowest BCUT2D eigenvalue weighted by Gasteiger charge is -2.23. The van der Waals surface area contributed by atoms with Crippen molar-refractivity contribution in [3.05, 3.63) is 111 Å². The lowest BCUT2D eigenvalue weighted by atomic mass is 10.1. The largest absolute Gasteiger partial charge is 0.330 e. The Balaban J connectivity index is 1.91. The van der Waals surface area contributed by atoms with E-state index in [4.69, 9.17) is 11.6 Å². The monoisotopic (exact) mass is 380 g/mol. The summed E-state index contributed by atoms with van der Waals surface area (Å²) in [4.78, 5) is 25.2. The van der Waals surface area contributed by atoms with E-state index in [1.807, 2.05) is 60.7 Å². The average molecular weight is 381 g/mol. The third kappa shape index (κ3) is 4.71. The van der Waals surface area contributed by atoms with E-state index in [1.54, 1.807) is 4.90 Å². The molecule has 3 rings (SSSR count). The minimum Gasteiger partial charge on any atom is -0.330 e. The first-order chi connectivity index (χ1) is 13.0. The maximum Gasteiger partial charge on any atom is 0.270 e. The molecular formula is C21H17ClN2O3. The highest BCUT2D eigenvalue weighted by Crippen LogP contribution is 2.25. The van der Waals surface area contributed by atoms with Gasteiger partial charge in [0.15, 0.2) is 0 Å². The van der Waals surface area contributed by atoms with Crippen LogP contribution in [-0.2, 0) is 13.1 Å². The summed E-state index contributed by atoms with van der Waals surface area (Å²) < 4.78 is 0. The molecule has 0 radical (unpaired) electrons. The summed E-state index contributed by atoms with van der Waals surface area (Å²) in [6, 6.07) is 23.2. The van der Waals surface area contributed by atoms with Crippen LogP contribution in [0.25, 0.3) is 0 Å². The fourth-order valence-electron chi connectivity index (χ4n) is 2.77. The summed E-state index contributed by atoms with van der Waals surface area (Å²) in [6.45, 7) is 0.809. The lowest BCUT2D eigenvalue weighted by Crippen LogP contribution is -2.30. The number of hydrogen-bond acceptors (Lipinski definition) is 3. The highest BCUT2D eigenvalue weighted by Gasteiger charge is 2.21. The van der Waals surface area contributed by atoms with Crippen LogP contribution < -0.4 is 0 Å². The zero-order valence-electron chi connectivity index (χ0n) is 14.4. The Labute approximate surface area is 162 Å². The van der Waals surface area contributed by atoms with Gasteiger partial charge < -0.3 is 4.90 Å². The van der Waals surface area contributed by atoms with E-state index in [0.717, 1.165) is 11.1 Å². The molecule has 1 amide bonds. The van der Waals surface area contributed by atoms with Crippen LogP contribution in [0, 0.1) is 10.1 Å². The van der Waals surface area contributed by atoms with Gasteiger partial charge in [0.2, 0.25) is 0 Å². The molecular weight excluding hydrogens is 364 g/mol. The summed E-state index contributed by atoms with van der Waals surface area (Å²) >= 11 is 6.17. The SMILES string of the molecule is O=C(c1ccc([N+](=O)[O-])cc1Cl)N(Cc1ccccc1)Cc1ccccc1. The fraction of sp³-hybridized carbons (Fsp3) is 0.0952. The van der Waals surface area contributed by atoms with Crippen molar-refractivity contribution >= 4 is 23.2 Å². The predicted molar refractivity (Wildman–Crippen MR) is 105 cm³/mol. The zero-order valence-corrected chi connectivity index (χ0v) is 15.2. The van der Waals surface area contributed by atoms with Gasteiger partial charge in [-0.2, -0.15) is 0 Å². The van der Waals surface area contributed by atoms with Crippen molar-refractivity contribution in [1.82, 2.24) is 4.90 Å². The number of rotatable bonds is 6. The molecule has 0 fully saturated rings. The zero-order chi connectivity index (χ0) is 19.2. The van der Waals surface area contributed by atoms with Gasteiger partial charge in [0.05, 0.1) is 15.5 Å². The summed E-state index contributed by atoms with van der Waals surface area (Å²) in [5.74, 6) is -0.275. The molecule has 5 nitrogen and oxygen atoms in total. The van der Waals surface area contributed by atoms with Crippen molar-refractivity contribution in [2.45, 2.75) is 13.1 Å². The van der Waals surface area contributed by atoms with Gasteiger partial charge in [-0.05, 0) is 17.2 Å². The van der Waals surface area contributed by atoms with Crippen LogP contribution in [0.4, 0.5) is 5.69 Å². The van der Waals surface area contributed by atoms with Gasteiger partial charge in [-0.1, -0.05) is 72.3 Å². The molecule has 0 aliphatic carbocycles. The van der Waals surface area contributed by atoms with Crippen molar-refractivity contribution in [1.29, 1.82) is 0 Å². The highest BCUT2D eigenvalue weighted by molar-refractivity contribution is 6.34. The van der Waals surface area contributed by atoms with Crippen molar-refractivity contribution in [2.75, 3.05) is 0 Å². The number of nitrogens with zero attached hydrogens (tertiary/aromatic N) is 2. The minimum atomic E-state index is -0.536. The average Bonchev–Trinajstić information content (AvgIpc) is 2.68. The molecule has 0 bridgehead atoms. The van der Waals surface area contributed by atoms with Crippen LogP contribution in [0.1, 0.15) is 21.5 Å². The number of halogens is 1. The number of hydrogen-bond donors (Lipinski definition) is 0. The Bertz CT molecular complexity index is 905. The molecule has 0 N–H and O–H groups in total. The van der Waals surface area contributed by atoms with Gasteiger partial charge in [0, 0.05) is 25.2 Å². The minimum absolute atomic E-state index is 0.0697. The molecule has 27 heavy (non-hydrogen) atoms. The van der Waals surface area contributed by atoms with Crippen LogP contribution in [0.5, 0.6) is 0 Å². The standard InChI is InChI=1S/C21H17ClN2O3/c22-20-13-18(24(26)27)11-12-19(20)21(25)23(14-16-7-3-1-4-8-16)15-17-9-5-2-6-10-17/h1-13H,14-15H2. The van der Waals surface area contributed by atoms with Gasteiger partial charge in [0.25, 0.3) is 11.6 Å². The van der Waals surface area contributed by atoms with Crippen LogP contribution in [0.15, 0.2) is 78.9 Å². The molecule has 0 aliphatic heterocycles. The van der Waals surface area contributed by atoms with Gasteiger partial charge in [-0.25, -0.2) is 0 Å². The van der Waals surface area contributed by atoms with Crippen molar-refractivity contribution in [3.63, 3.8) is 0 Å². The Morgan fingerprint density at radius 3 is 1.85 bits per heavy atom. The van der Waals surface area contributed by atoms with E-state index in [1.165, 1.54) is 18.2 Å². The Hall–Kier alpha value is -3.18. The molecule has 3 aromatic carbocycles. The Morgan fingerprint density at radius 1 is 0.889 bits per heavy atom. The smallest absolute Gasteiger partial charge is 0.270 e. The number of amides is 1. The molecule has 0 aliphatic rings. The molecule has 0 atom stereocenters.